The maximum Gasteiger partial charge on any atom is 0.274 e. The first-order chi connectivity index (χ1) is 17.3. The number of likely N-dealkylation sites (tertiary alicyclic amines) is 1. The molecule has 2 aliphatic heterocycles. The standard InChI is InChI=1S/C27H35ClN4O4/c1-17-13-20(28)7-8-24(17)36-21-9-11-30(12-10-21)25(33)16-32-23-6-4-5-22(23)26(29-32)27(34)31-14-18(2)35-19(3)15-31/h7-8,13,18-19,21H,4-6,9-12,14-16H2,1-3H3/t18-,19+. The number of carbonyl (C=O) groups excluding carboxylic acids is 2. The van der Waals surface area contributed by atoms with Crippen LogP contribution in [0.5, 0.6) is 5.75 Å². The molecule has 3 aliphatic rings. The van der Waals surface area contributed by atoms with Gasteiger partial charge in [0.15, 0.2) is 5.69 Å². The summed E-state index contributed by atoms with van der Waals surface area (Å²) in [6.45, 7) is 8.57. The van der Waals surface area contributed by atoms with E-state index in [1.807, 2.05) is 48.8 Å². The van der Waals surface area contributed by atoms with Crippen LogP contribution in [0.4, 0.5) is 0 Å². The smallest absolute Gasteiger partial charge is 0.274 e. The first kappa shape index (κ1) is 25.1. The van der Waals surface area contributed by atoms with Gasteiger partial charge < -0.3 is 19.3 Å². The Bertz CT molecular complexity index is 1130. The van der Waals surface area contributed by atoms with Gasteiger partial charge in [-0.1, -0.05) is 11.6 Å². The molecule has 2 saturated heterocycles. The lowest BCUT2D eigenvalue weighted by Crippen LogP contribution is -2.48. The highest BCUT2D eigenvalue weighted by Gasteiger charge is 2.33. The predicted octanol–water partition coefficient (Wildman–Crippen LogP) is 3.65. The minimum Gasteiger partial charge on any atom is -0.490 e. The highest BCUT2D eigenvalue weighted by Crippen LogP contribution is 2.28. The van der Waals surface area contributed by atoms with Crippen molar-refractivity contribution < 1.29 is 19.1 Å². The fourth-order valence-corrected chi connectivity index (χ4v) is 5.91. The van der Waals surface area contributed by atoms with Crippen molar-refractivity contribution in [2.24, 2.45) is 0 Å². The molecule has 2 atom stereocenters. The third-order valence-corrected chi connectivity index (χ3v) is 7.66. The van der Waals surface area contributed by atoms with Crippen molar-refractivity contribution in [1.29, 1.82) is 0 Å². The fraction of sp³-hybridized carbons (Fsp3) is 0.593. The van der Waals surface area contributed by atoms with Gasteiger partial charge >= 0.3 is 0 Å². The van der Waals surface area contributed by atoms with E-state index in [2.05, 4.69) is 5.10 Å². The lowest BCUT2D eigenvalue weighted by molar-refractivity contribution is -0.133. The van der Waals surface area contributed by atoms with Crippen LogP contribution >= 0.6 is 11.6 Å². The first-order valence-corrected chi connectivity index (χ1v) is 13.4. The molecule has 1 aromatic carbocycles. The van der Waals surface area contributed by atoms with Crippen LogP contribution in [0.1, 0.15) is 60.4 Å². The molecule has 1 aliphatic carbocycles. The van der Waals surface area contributed by atoms with E-state index in [9.17, 15) is 9.59 Å². The maximum atomic E-state index is 13.4. The zero-order valence-electron chi connectivity index (χ0n) is 21.3. The SMILES string of the molecule is Cc1cc(Cl)ccc1OC1CCN(C(=O)Cn2nc(C(=O)N3C[C@@H](C)O[C@@H](C)C3)c3c2CCC3)CC1. The molecule has 1 aromatic heterocycles. The van der Waals surface area contributed by atoms with E-state index in [4.69, 9.17) is 21.1 Å². The average Bonchev–Trinajstić information content (AvgIpc) is 3.44. The fourth-order valence-electron chi connectivity index (χ4n) is 5.68. The highest BCUT2D eigenvalue weighted by atomic mass is 35.5. The number of ether oxygens (including phenoxy) is 2. The van der Waals surface area contributed by atoms with Crippen molar-refractivity contribution >= 4 is 23.4 Å². The Labute approximate surface area is 217 Å². The van der Waals surface area contributed by atoms with E-state index >= 15 is 0 Å². The quantitative estimate of drug-likeness (QED) is 0.608. The summed E-state index contributed by atoms with van der Waals surface area (Å²) in [5, 5.41) is 5.38. The Balaban J connectivity index is 1.21. The second kappa shape index (κ2) is 10.4. The summed E-state index contributed by atoms with van der Waals surface area (Å²) < 4.78 is 13.8. The molecule has 5 rings (SSSR count). The van der Waals surface area contributed by atoms with E-state index in [1.165, 1.54) is 0 Å². The summed E-state index contributed by atoms with van der Waals surface area (Å²) in [5.74, 6) is 0.843. The van der Waals surface area contributed by atoms with Crippen molar-refractivity contribution in [2.75, 3.05) is 26.2 Å². The zero-order chi connectivity index (χ0) is 25.4. The van der Waals surface area contributed by atoms with E-state index in [-0.39, 0.29) is 36.7 Å². The Morgan fingerprint density at radius 1 is 1.11 bits per heavy atom. The van der Waals surface area contributed by atoms with Gasteiger partial charge in [0.25, 0.3) is 5.91 Å². The van der Waals surface area contributed by atoms with Gasteiger partial charge in [0, 0.05) is 55.3 Å². The zero-order valence-corrected chi connectivity index (χ0v) is 22.1. The Morgan fingerprint density at radius 3 is 2.53 bits per heavy atom. The molecule has 3 heterocycles. The van der Waals surface area contributed by atoms with E-state index in [0.29, 0.717) is 36.9 Å². The number of amides is 2. The number of nitrogens with zero attached hydrogens (tertiary/aromatic N) is 4. The molecule has 0 radical (unpaired) electrons. The Kier molecular flexibility index (Phi) is 7.26. The third kappa shape index (κ3) is 5.25. The van der Waals surface area contributed by atoms with Crippen molar-refractivity contribution in [2.45, 2.75) is 77.7 Å². The molecule has 2 fully saturated rings. The van der Waals surface area contributed by atoms with Gasteiger partial charge in [0.1, 0.15) is 18.4 Å². The van der Waals surface area contributed by atoms with Crippen LogP contribution in [0.2, 0.25) is 5.02 Å². The monoisotopic (exact) mass is 514 g/mol. The molecule has 0 unspecified atom stereocenters. The third-order valence-electron chi connectivity index (χ3n) is 7.43. The molecular formula is C27H35ClN4O4. The summed E-state index contributed by atoms with van der Waals surface area (Å²) in [6, 6.07) is 5.65. The lowest BCUT2D eigenvalue weighted by Gasteiger charge is -2.35. The van der Waals surface area contributed by atoms with Crippen LogP contribution in [-0.2, 0) is 28.9 Å². The number of morpholine rings is 1. The second-order valence-electron chi connectivity index (χ2n) is 10.4. The molecule has 0 spiro atoms. The lowest BCUT2D eigenvalue weighted by atomic mass is 10.1. The number of piperidine rings is 1. The van der Waals surface area contributed by atoms with Crippen LogP contribution in [0.25, 0.3) is 0 Å². The number of fused-ring (bicyclic) bond motifs is 1. The maximum absolute atomic E-state index is 13.4. The molecule has 0 N–H and O–H groups in total. The molecule has 194 valence electrons. The van der Waals surface area contributed by atoms with Gasteiger partial charge in [-0.05, 0) is 63.8 Å². The summed E-state index contributed by atoms with van der Waals surface area (Å²) in [4.78, 5) is 30.3. The summed E-state index contributed by atoms with van der Waals surface area (Å²) in [5.41, 5.74) is 3.59. The summed E-state index contributed by atoms with van der Waals surface area (Å²) in [7, 11) is 0. The molecule has 2 amide bonds. The van der Waals surface area contributed by atoms with Gasteiger partial charge in [0.05, 0.1) is 12.2 Å². The predicted molar refractivity (Wildman–Crippen MR) is 137 cm³/mol. The van der Waals surface area contributed by atoms with Crippen LogP contribution < -0.4 is 4.74 Å². The molecule has 8 nitrogen and oxygen atoms in total. The molecular weight excluding hydrogens is 480 g/mol. The van der Waals surface area contributed by atoms with E-state index in [0.717, 1.165) is 54.7 Å². The molecule has 2 aromatic rings. The minimum absolute atomic E-state index is 0.00456. The van der Waals surface area contributed by atoms with Crippen molar-refractivity contribution in [1.82, 2.24) is 19.6 Å². The van der Waals surface area contributed by atoms with Crippen molar-refractivity contribution in [3.05, 3.63) is 45.7 Å². The molecule has 0 saturated carbocycles. The average molecular weight is 515 g/mol. The van der Waals surface area contributed by atoms with Gasteiger partial charge in [-0.25, -0.2) is 0 Å². The number of benzene rings is 1. The van der Waals surface area contributed by atoms with Crippen molar-refractivity contribution in [3.8, 4) is 5.75 Å². The van der Waals surface area contributed by atoms with E-state index < -0.39 is 0 Å². The van der Waals surface area contributed by atoms with Crippen molar-refractivity contribution in [3.63, 3.8) is 0 Å². The largest absolute Gasteiger partial charge is 0.490 e. The van der Waals surface area contributed by atoms with Crippen LogP contribution in [-0.4, -0.2) is 75.9 Å². The van der Waals surface area contributed by atoms with Gasteiger partial charge in [-0.15, -0.1) is 0 Å². The molecule has 9 heteroatoms. The first-order valence-electron chi connectivity index (χ1n) is 13.0. The number of aromatic nitrogens is 2. The Hall–Kier alpha value is -2.58. The number of halogens is 1. The van der Waals surface area contributed by atoms with Crippen LogP contribution in [0.15, 0.2) is 18.2 Å². The number of hydrogen-bond acceptors (Lipinski definition) is 5. The highest BCUT2D eigenvalue weighted by molar-refractivity contribution is 6.30. The summed E-state index contributed by atoms with van der Waals surface area (Å²) >= 11 is 6.05. The Morgan fingerprint density at radius 2 is 1.83 bits per heavy atom. The van der Waals surface area contributed by atoms with Gasteiger partial charge in [0.2, 0.25) is 5.91 Å². The number of carbonyl (C=O) groups is 2. The van der Waals surface area contributed by atoms with Gasteiger partial charge in [-0.3, -0.25) is 14.3 Å². The van der Waals surface area contributed by atoms with E-state index in [1.54, 1.807) is 4.68 Å². The number of hydrogen-bond donors (Lipinski definition) is 0. The number of rotatable bonds is 5. The number of aryl methyl sites for hydroxylation is 1. The minimum atomic E-state index is -0.0446. The second-order valence-corrected chi connectivity index (χ2v) is 10.8. The van der Waals surface area contributed by atoms with Crippen LogP contribution in [0, 0.1) is 6.92 Å². The topological polar surface area (TPSA) is 76.9 Å². The molecule has 0 bridgehead atoms. The van der Waals surface area contributed by atoms with Gasteiger partial charge in [-0.2, -0.15) is 5.10 Å². The normalized spacial score (nSPS) is 22.6. The van der Waals surface area contributed by atoms with Crippen LogP contribution in [0.3, 0.4) is 0 Å². The molecule has 36 heavy (non-hydrogen) atoms. The summed E-state index contributed by atoms with van der Waals surface area (Å²) in [6.07, 6.45) is 4.33.